The fourth-order valence-corrected chi connectivity index (χ4v) is 4.37. The Hall–Kier alpha value is -1.05. The zero-order chi connectivity index (χ0) is 16.2. The van der Waals surface area contributed by atoms with Crippen molar-refractivity contribution in [3.63, 3.8) is 0 Å². The molecule has 7 heteroatoms. The normalized spacial score (nSPS) is 16.7. The van der Waals surface area contributed by atoms with E-state index in [0.29, 0.717) is 38.2 Å². The second-order valence-corrected chi connectivity index (χ2v) is 8.20. The van der Waals surface area contributed by atoms with Gasteiger partial charge in [-0.2, -0.15) is 4.31 Å². The van der Waals surface area contributed by atoms with E-state index in [-0.39, 0.29) is 11.7 Å². The van der Waals surface area contributed by atoms with Gasteiger partial charge in [0.25, 0.3) is 5.91 Å². The summed E-state index contributed by atoms with van der Waals surface area (Å²) in [6.07, 6.45) is 2.61. The molecule has 0 spiro atoms. The van der Waals surface area contributed by atoms with Crippen LogP contribution < -0.4 is 0 Å². The highest BCUT2D eigenvalue weighted by atomic mass is 32.2. The van der Waals surface area contributed by atoms with E-state index in [1.54, 1.807) is 16.7 Å². The van der Waals surface area contributed by atoms with Gasteiger partial charge in [-0.3, -0.25) is 4.79 Å². The van der Waals surface area contributed by atoms with Crippen LogP contribution in [0.5, 0.6) is 0 Å². The van der Waals surface area contributed by atoms with Crippen molar-refractivity contribution in [3.8, 4) is 0 Å². The first-order valence-electron chi connectivity index (χ1n) is 7.39. The largest absolute Gasteiger partial charge is 0.336 e. The topological polar surface area (TPSA) is 57.7 Å². The van der Waals surface area contributed by atoms with E-state index < -0.39 is 10.0 Å². The first-order chi connectivity index (χ1) is 10.5. The van der Waals surface area contributed by atoms with Crippen LogP contribution in [0.1, 0.15) is 23.7 Å². The summed E-state index contributed by atoms with van der Waals surface area (Å²) in [7, 11) is -3.16. The van der Waals surface area contributed by atoms with Crippen molar-refractivity contribution in [3.05, 3.63) is 29.8 Å². The van der Waals surface area contributed by atoms with E-state index in [1.165, 1.54) is 4.31 Å². The average Bonchev–Trinajstić information content (AvgIpc) is 2.54. The summed E-state index contributed by atoms with van der Waals surface area (Å²) in [4.78, 5) is 15.3. The van der Waals surface area contributed by atoms with Gasteiger partial charge in [-0.15, -0.1) is 11.8 Å². The van der Waals surface area contributed by atoms with Crippen LogP contribution in [0.2, 0.25) is 0 Å². The van der Waals surface area contributed by atoms with Crippen molar-refractivity contribution >= 4 is 27.7 Å². The molecule has 122 valence electrons. The third kappa shape index (κ3) is 4.02. The highest BCUT2D eigenvalue weighted by molar-refractivity contribution is 7.98. The number of rotatable bonds is 5. The third-order valence-electron chi connectivity index (χ3n) is 3.72. The maximum absolute atomic E-state index is 12.4. The first kappa shape index (κ1) is 17.3. The van der Waals surface area contributed by atoms with Crippen molar-refractivity contribution in [2.24, 2.45) is 0 Å². The lowest BCUT2D eigenvalue weighted by Crippen LogP contribution is -2.51. The standard InChI is InChI=1S/C15H22N2O3S2/c1-3-12-22(19,20)17-10-8-16(9-11-17)15(18)13-4-6-14(21-2)7-5-13/h4-7H,3,8-12H2,1-2H3. The Bertz CT molecular complexity index is 606. The number of hydrogen-bond acceptors (Lipinski definition) is 4. The van der Waals surface area contributed by atoms with Gasteiger partial charge in [0.2, 0.25) is 10.0 Å². The maximum Gasteiger partial charge on any atom is 0.253 e. The van der Waals surface area contributed by atoms with Crippen LogP contribution in [0.15, 0.2) is 29.2 Å². The SMILES string of the molecule is CCCS(=O)(=O)N1CCN(C(=O)c2ccc(SC)cc2)CC1. The molecule has 1 aliphatic rings. The summed E-state index contributed by atoms with van der Waals surface area (Å²) < 4.78 is 25.5. The second-order valence-electron chi connectivity index (χ2n) is 5.24. The monoisotopic (exact) mass is 342 g/mol. The number of thioether (sulfide) groups is 1. The summed E-state index contributed by atoms with van der Waals surface area (Å²) in [5.41, 5.74) is 0.655. The molecule has 0 radical (unpaired) electrons. The summed E-state index contributed by atoms with van der Waals surface area (Å²) in [6, 6.07) is 7.52. The molecule has 2 rings (SSSR count). The number of amides is 1. The Balaban J connectivity index is 1.97. The van der Waals surface area contributed by atoms with Gasteiger partial charge in [0.15, 0.2) is 0 Å². The molecular weight excluding hydrogens is 320 g/mol. The average molecular weight is 342 g/mol. The van der Waals surface area contributed by atoms with Gasteiger partial charge in [-0.05, 0) is 36.9 Å². The molecule has 1 aromatic carbocycles. The molecule has 1 amide bonds. The predicted molar refractivity (Wildman–Crippen MR) is 89.8 cm³/mol. The maximum atomic E-state index is 12.4. The molecule has 0 aromatic heterocycles. The Morgan fingerprint density at radius 3 is 2.23 bits per heavy atom. The van der Waals surface area contributed by atoms with Crippen LogP contribution in [0.4, 0.5) is 0 Å². The summed E-state index contributed by atoms with van der Waals surface area (Å²) in [6.45, 7) is 3.53. The van der Waals surface area contributed by atoms with Crippen molar-refractivity contribution in [1.82, 2.24) is 9.21 Å². The Morgan fingerprint density at radius 2 is 1.73 bits per heavy atom. The summed E-state index contributed by atoms with van der Waals surface area (Å²) in [5.74, 6) is 0.150. The van der Waals surface area contributed by atoms with Crippen molar-refractivity contribution in [2.45, 2.75) is 18.2 Å². The minimum Gasteiger partial charge on any atom is -0.336 e. The Labute approximate surface area is 136 Å². The number of piperazine rings is 1. The molecule has 1 aromatic rings. The number of nitrogens with zero attached hydrogens (tertiary/aromatic N) is 2. The molecule has 0 bridgehead atoms. The predicted octanol–water partition coefficient (Wildman–Crippen LogP) is 1.91. The zero-order valence-electron chi connectivity index (χ0n) is 13.0. The van der Waals surface area contributed by atoms with Crippen molar-refractivity contribution in [1.29, 1.82) is 0 Å². The number of carbonyl (C=O) groups excluding carboxylic acids is 1. The second kappa shape index (κ2) is 7.48. The van der Waals surface area contributed by atoms with E-state index in [4.69, 9.17) is 0 Å². The van der Waals surface area contributed by atoms with Gasteiger partial charge < -0.3 is 4.90 Å². The lowest BCUT2D eigenvalue weighted by Gasteiger charge is -2.34. The molecule has 1 fully saturated rings. The van der Waals surface area contributed by atoms with Gasteiger partial charge in [0.05, 0.1) is 5.75 Å². The number of hydrogen-bond donors (Lipinski definition) is 0. The van der Waals surface area contributed by atoms with E-state index >= 15 is 0 Å². The first-order valence-corrected chi connectivity index (χ1v) is 10.2. The quantitative estimate of drug-likeness (QED) is 0.767. The minimum absolute atomic E-state index is 0.0276. The molecule has 22 heavy (non-hydrogen) atoms. The van der Waals surface area contributed by atoms with E-state index in [0.717, 1.165) is 4.90 Å². The fourth-order valence-electron chi connectivity index (χ4n) is 2.47. The van der Waals surface area contributed by atoms with E-state index in [2.05, 4.69) is 0 Å². The molecule has 5 nitrogen and oxygen atoms in total. The van der Waals surface area contributed by atoms with Crippen molar-refractivity contribution in [2.75, 3.05) is 38.2 Å². The highest BCUT2D eigenvalue weighted by Crippen LogP contribution is 2.17. The zero-order valence-corrected chi connectivity index (χ0v) is 14.6. The summed E-state index contributed by atoms with van der Waals surface area (Å²) in [5, 5.41) is 0. The molecule has 0 aliphatic carbocycles. The molecule has 1 aliphatic heterocycles. The van der Waals surface area contributed by atoms with Crippen LogP contribution in [0, 0.1) is 0 Å². The minimum atomic E-state index is -3.16. The fraction of sp³-hybridized carbons (Fsp3) is 0.533. The van der Waals surface area contributed by atoms with Crippen LogP contribution in [0.3, 0.4) is 0 Å². The van der Waals surface area contributed by atoms with E-state index in [9.17, 15) is 13.2 Å². The lowest BCUT2D eigenvalue weighted by atomic mass is 10.2. The molecular formula is C15H22N2O3S2. The molecule has 0 atom stereocenters. The Kier molecular flexibility index (Phi) is 5.88. The van der Waals surface area contributed by atoms with Gasteiger partial charge in [0, 0.05) is 36.6 Å². The number of benzene rings is 1. The third-order valence-corrected chi connectivity index (χ3v) is 6.54. The van der Waals surface area contributed by atoms with Crippen molar-refractivity contribution < 1.29 is 13.2 Å². The number of sulfonamides is 1. The molecule has 0 saturated carbocycles. The Morgan fingerprint density at radius 1 is 1.14 bits per heavy atom. The van der Waals surface area contributed by atoms with Crippen LogP contribution >= 0.6 is 11.8 Å². The van der Waals surface area contributed by atoms with Gasteiger partial charge in [0.1, 0.15) is 0 Å². The van der Waals surface area contributed by atoms with Crippen LogP contribution in [0.25, 0.3) is 0 Å². The molecule has 1 saturated heterocycles. The molecule has 0 unspecified atom stereocenters. The van der Waals surface area contributed by atoms with Gasteiger partial charge >= 0.3 is 0 Å². The number of carbonyl (C=O) groups is 1. The van der Waals surface area contributed by atoms with Gasteiger partial charge in [-0.1, -0.05) is 6.92 Å². The molecule has 0 N–H and O–H groups in total. The van der Waals surface area contributed by atoms with Crippen LogP contribution in [-0.2, 0) is 10.0 Å². The smallest absolute Gasteiger partial charge is 0.253 e. The van der Waals surface area contributed by atoms with Crippen LogP contribution in [-0.4, -0.2) is 61.7 Å². The van der Waals surface area contributed by atoms with Gasteiger partial charge in [-0.25, -0.2) is 8.42 Å². The molecule has 1 heterocycles. The summed E-state index contributed by atoms with van der Waals surface area (Å²) >= 11 is 1.63. The lowest BCUT2D eigenvalue weighted by molar-refractivity contribution is 0.0698. The highest BCUT2D eigenvalue weighted by Gasteiger charge is 2.28. The van der Waals surface area contributed by atoms with E-state index in [1.807, 2.05) is 37.4 Å².